The standard InChI is InChI=1S/C18H19Cl2N3O2/c19-13-4-3-5-14(18(13)20)21-17(25)12-22-8-10-23(11-9-22)15-6-1-2-7-16(15)24/h1-7,24H,8-12H2,(H,21,25). The van der Waals surface area contributed by atoms with E-state index in [1.54, 1.807) is 30.3 Å². The molecular formula is C18H19Cl2N3O2. The van der Waals surface area contributed by atoms with Gasteiger partial charge in [-0.1, -0.05) is 41.4 Å². The number of amides is 1. The molecule has 5 nitrogen and oxygen atoms in total. The van der Waals surface area contributed by atoms with E-state index >= 15 is 0 Å². The van der Waals surface area contributed by atoms with Crippen LogP contribution >= 0.6 is 23.2 Å². The molecule has 0 atom stereocenters. The summed E-state index contributed by atoms with van der Waals surface area (Å²) >= 11 is 12.0. The number of benzene rings is 2. The van der Waals surface area contributed by atoms with Gasteiger partial charge in [-0.15, -0.1) is 0 Å². The Labute approximate surface area is 156 Å². The summed E-state index contributed by atoms with van der Waals surface area (Å²) in [6.07, 6.45) is 0. The van der Waals surface area contributed by atoms with Gasteiger partial charge in [0.15, 0.2) is 0 Å². The van der Waals surface area contributed by atoms with Crippen LogP contribution in [-0.2, 0) is 4.79 Å². The summed E-state index contributed by atoms with van der Waals surface area (Å²) in [5.74, 6) is 0.157. The minimum absolute atomic E-state index is 0.125. The summed E-state index contributed by atoms with van der Waals surface area (Å²) in [5.41, 5.74) is 1.35. The molecule has 7 heteroatoms. The Morgan fingerprint density at radius 3 is 2.48 bits per heavy atom. The first-order valence-electron chi connectivity index (χ1n) is 8.04. The highest BCUT2D eigenvalue weighted by Gasteiger charge is 2.21. The molecular weight excluding hydrogens is 361 g/mol. The second-order valence-corrected chi connectivity index (χ2v) is 6.69. The van der Waals surface area contributed by atoms with E-state index in [2.05, 4.69) is 15.1 Å². The van der Waals surface area contributed by atoms with E-state index in [1.165, 1.54) is 0 Å². The van der Waals surface area contributed by atoms with Crippen molar-refractivity contribution in [3.05, 3.63) is 52.5 Å². The van der Waals surface area contributed by atoms with Crippen molar-refractivity contribution in [1.29, 1.82) is 0 Å². The molecule has 25 heavy (non-hydrogen) atoms. The minimum Gasteiger partial charge on any atom is -0.506 e. The highest BCUT2D eigenvalue weighted by atomic mass is 35.5. The fourth-order valence-electron chi connectivity index (χ4n) is 2.87. The zero-order chi connectivity index (χ0) is 17.8. The monoisotopic (exact) mass is 379 g/mol. The summed E-state index contributed by atoms with van der Waals surface area (Å²) in [4.78, 5) is 16.4. The number of phenols is 1. The van der Waals surface area contributed by atoms with Gasteiger partial charge < -0.3 is 15.3 Å². The zero-order valence-electron chi connectivity index (χ0n) is 13.6. The smallest absolute Gasteiger partial charge is 0.238 e. The zero-order valence-corrected chi connectivity index (χ0v) is 15.1. The van der Waals surface area contributed by atoms with E-state index in [0.717, 1.165) is 31.9 Å². The maximum Gasteiger partial charge on any atom is 0.238 e. The Bertz CT molecular complexity index is 762. The minimum atomic E-state index is -0.125. The molecule has 1 aliphatic rings. The van der Waals surface area contributed by atoms with Crippen molar-refractivity contribution in [3.63, 3.8) is 0 Å². The van der Waals surface area contributed by atoms with E-state index in [4.69, 9.17) is 23.2 Å². The molecule has 0 saturated carbocycles. The van der Waals surface area contributed by atoms with Crippen molar-refractivity contribution in [2.75, 3.05) is 42.9 Å². The Hall–Kier alpha value is -1.95. The van der Waals surface area contributed by atoms with Gasteiger partial charge in [-0.05, 0) is 24.3 Å². The van der Waals surface area contributed by atoms with Crippen LogP contribution in [-0.4, -0.2) is 48.6 Å². The van der Waals surface area contributed by atoms with Crippen molar-refractivity contribution in [1.82, 2.24) is 4.90 Å². The molecule has 1 amide bonds. The first kappa shape index (κ1) is 17.9. The number of anilines is 2. The average Bonchev–Trinajstić information content (AvgIpc) is 2.60. The molecule has 1 aliphatic heterocycles. The van der Waals surface area contributed by atoms with Gasteiger partial charge in [-0.3, -0.25) is 9.69 Å². The number of hydrogen-bond acceptors (Lipinski definition) is 4. The fraction of sp³-hybridized carbons (Fsp3) is 0.278. The van der Waals surface area contributed by atoms with Gasteiger partial charge in [0.1, 0.15) is 5.75 Å². The first-order valence-corrected chi connectivity index (χ1v) is 8.79. The van der Waals surface area contributed by atoms with Crippen LogP contribution in [0.1, 0.15) is 0 Å². The molecule has 1 fully saturated rings. The van der Waals surface area contributed by atoms with Crippen molar-refractivity contribution in [3.8, 4) is 5.75 Å². The molecule has 0 spiro atoms. The number of carbonyl (C=O) groups is 1. The molecule has 2 aromatic rings. The van der Waals surface area contributed by atoms with Crippen molar-refractivity contribution >= 4 is 40.5 Å². The van der Waals surface area contributed by atoms with Gasteiger partial charge >= 0.3 is 0 Å². The number of phenolic OH excluding ortho intramolecular Hbond substituents is 1. The van der Waals surface area contributed by atoms with Crippen LogP contribution in [0.2, 0.25) is 10.0 Å². The number of piperazine rings is 1. The van der Waals surface area contributed by atoms with Crippen LogP contribution in [0.15, 0.2) is 42.5 Å². The van der Waals surface area contributed by atoms with E-state index in [-0.39, 0.29) is 18.2 Å². The number of nitrogens with one attached hydrogen (secondary N) is 1. The number of hydrogen-bond donors (Lipinski definition) is 2. The lowest BCUT2D eigenvalue weighted by Gasteiger charge is -2.35. The van der Waals surface area contributed by atoms with Gasteiger partial charge in [-0.25, -0.2) is 0 Å². The largest absolute Gasteiger partial charge is 0.506 e. The van der Waals surface area contributed by atoms with Gasteiger partial charge in [0, 0.05) is 26.2 Å². The molecule has 0 aliphatic carbocycles. The molecule has 2 N–H and O–H groups in total. The fourth-order valence-corrected chi connectivity index (χ4v) is 3.22. The SMILES string of the molecule is O=C(CN1CCN(c2ccccc2O)CC1)Nc1cccc(Cl)c1Cl. The van der Waals surface area contributed by atoms with Gasteiger partial charge in [0.2, 0.25) is 5.91 Å². The van der Waals surface area contributed by atoms with Crippen LogP contribution < -0.4 is 10.2 Å². The van der Waals surface area contributed by atoms with E-state index in [0.29, 0.717) is 15.7 Å². The lowest BCUT2D eigenvalue weighted by atomic mass is 10.2. The molecule has 0 radical (unpaired) electrons. The topological polar surface area (TPSA) is 55.8 Å². The number of nitrogens with zero attached hydrogens (tertiary/aromatic N) is 2. The summed E-state index contributed by atoms with van der Waals surface area (Å²) in [7, 11) is 0. The molecule has 3 rings (SSSR count). The summed E-state index contributed by atoms with van der Waals surface area (Å²) < 4.78 is 0. The van der Waals surface area contributed by atoms with E-state index in [9.17, 15) is 9.90 Å². The highest BCUT2D eigenvalue weighted by molar-refractivity contribution is 6.44. The number of rotatable bonds is 4. The van der Waals surface area contributed by atoms with Crippen LogP contribution in [0.5, 0.6) is 5.75 Å². The maximum absolute atomic E-state index is 12.2. The number of carbonyl (C=O) groups excluding carboxylic acids is 1. The predicted molar refractivity (Wildman–Crippen MR) is 102 cm³/mol. The summed E-state index contributed by atoms with van der Waals surface area (Å²) in [6.45, 7) is 3.28. The molecule has 1 saturated heterocycles. The summed E-state index contributed by atoms with van der Waals surface area (Å²) in [5, 5.41) is 13.5. The lowest BCUT2D eigenvalue weighted by Crippen LogP contribution is -2.48. The Morgan fingerprint density at radius 1 is 1.04 bits per heavy atom. The Kier molecular flexibility index (Phi) is 5.68. The highest BCUT2D eigenvalue weighted by Crippen LogP contribution is 2.30. The normalized spacial score (nSPS) is 15.2. The van der Waals surface area contributed by atoms with Crippen LogP contribution in [0.3, 0.4) is 0 Å². The van der Waals surface area contributed by atoms with Crippen LogP contribution in [0, 0.1) is 0 Å². The van der Waals surface area contributed by atoms with Crippen LogP contribution in [0.25, 0.3) is 0 Å². The Balaban J connectivity index is 1.53. The van der Waals surface area contributed by atoms with E-state index < -0.39 is 0 Å². The van der Waals surface area contributed by atoms with Crippen molar-refractivity contribution < 1.29 is 9.90 Å². The molecule has 0 bridgehead atoms. The van der Waals surface area contributed by atoms with Gasteiger partial charge in [-0.2, -0.15) is 0 Å². The molecule has 1 heterocycles. The number of para-hydroxylation sites is 2. The van der Waals surface area contributed by atoms with Gasteiger partial charge in [0.25, 0.3) is 0 Å². The summed E-state index contributed by atoms with van der Waals surface area (Å²) in [6, 6.07) is 12.4. The second-order valence-electron chi connectivity index (χ2n) is 5.90. The van der Waals surface area contributed by atoms with Crippen molar-refractivity contribution in [2.45, 2.75) is 0 Å². The third kappa shape index (κ3) is 4.37. The quantitative estimate of drug-likeness (QED) is 0.853. The number of aromatic hydroxyl groups is 1. The van der Waals surface area contributed by atoms with Crippen LogP contribution in [0.4, 0.5) is 11.4 Å². The average molecular weight is 380 g/mol. The Morgan fingerprint density at radius 2 is 1.76 bits per heavy atom. The molecule has 0 unspecified atom stereocenters. The second kappa shape index (κ2) is 7.95. The van der Waals surface area contributed by atoms with E-state index in [1.807, 2.05) is 12.1 Å². The van der Waals surface area contributed by atoms with Gasteiger partial charge in [0.05, 0.1) is 28.0 Å². The maximum atomic E-state index is 12.2. The molecule has 132 valence electrons. The third-order valence-corrected chi connectivity index (χ3v) is 5.01. The first-order chi connectivity index (χ1) is 12.0. The van der Waals surface area contributed by atoms with Crippen molar-refractivity contribution in [2.24, 2.45) is 0 Å². The lowest BCUT2D eigenvalue weighted by molar-refractivity contribution is -0.117. The number of halogens is 2. The molecule has 2 aromatic carbocycles. The third-order valence-electron chi connectivity index (χ3n) is 4.19. The predicted octanol–water partition coefficient (Wildman–Crippen LogP) is 3.46. The molecule has 0 aromatic heterocycles.